The lowest BCUT2D eigenvalue weighted by Gasteiger charge is -2.37. The smallest absolute Gasteiger partial charge is 0.227 e. The molecule has 1 aromatic rings. The molecule has 98 valence electrons. The van der Waals surface area contributed by atoms with E-state index in [1.807, 2.05) is 35.2 Å². The van der Waals surface area contributed by atoms with Crippen LogP contribution in [0.25, 0.3) is 0 Å². The maximum Gasteiger partial charge on any atom is 0.227 e. The number of hydrogen-bond acceptors (Lipinski definition) is 2. The van der Waals surface area contributed by atoms with Crippen LogP contribution in [0.3, 0.4) is 0 Å². The molecule has 3 nitrogen and oxygen atoms in total. The van der Waals surface area contributed by atoms with E-state index < -0.39 is 0 Å². The van der Waals surface area contributed by atoms with Crippen molar-refractivity contribution >= 4 is 5.91 Å². The average Bonchev–Trinajstić information content (AvgIpc) is 2.51. The molecular formula is C15H22N2O. The second-order valence-corrected chi connectivity index (χ2v) is 5.55. The van der Waals surface area contributed by atoms with Crippen LogP contribution >= 0.6 is 0 Å². The highest BCUT2D eigenvalue weighted by atomic mass is 16.2. The molecule has 18 heavy (non-hydrogen) atoms. The van der Waals surface area contributed by atoms with Crippen molar-refractivity contribution in [3.8, 4) is 0 Å². The lowest BCUT2D eigenvalue weighted by atomic mass is 10.0. The van der Waals surface area contributed by atoms with Crippen molar-refractivity contribution < 1.29 is 4.79 Å². The van der Waals surface area contributed by atoms with E-state index in [9.17, 15) is 4.79 Å². The third kappa shape index (κ3) is 3.10. The largest absolute Gasteiger partial charge is 0.336 e. The summed E-state index contributed by atoms with van der Waals surface area (Å²) in [7, 11) is 0. The van der Waals surface area contributed by atoms with Crippen LogP contribution in [0.1, 0.15) is 25.8 Å². The topological polar surface area (TPSA) is 32.3 Å². The summed E-state index contributed by atoms with van der Waals surface area (Å²) in [6, 6.07) is 9.98. The van der Waals surface area contributed by atoms with E-state index in [1.165, 1.54) is 0 Å². The van der Waals surface area contributed by atoms with Crippen LogP contribution in [-0.2, 0) is 11.2 Å². The van der Waals surface area contributed by atoms with Gasteiger partial charge < -0.3 is 10.2 Å². The molecule has 0 unspecified atom stereocenters. The van der Waals surface area contributed by atoms with E-state index in [2.05, 4.69) is 19.2 Å². The van der Waals surface area contributed by atoms with Gasteiger partial charge in [0.1, 0.15) is 0 Å². The van der Waals surface area contributed by atoms with E-state index in [4.69, 9.17) is 0 Å². The zero-order valence-corrected chi connectivity index (χ0v) is 11.3. The summed E-state index contributed by atoms with van der Waals surface area (Å²) in [5.74, 6) is 0.231. The Hall–Kier alpha value is -1.35. The number of carbonyl (C=O) groups is 1. The Balaban J connectivity index is 2.07. The Kier molecular flexibility index (Phi) is 4.02. The number of hydrogen-bond donors (Lipinski definition) is 1. The highest BCUT2D eigenvalue weighted by molar-refractivity contribution is 5.79. The molecule has 0 aliphatic carbocycles. The Morgan fingerprint density at radius 3 is 2.78 bits per heavy atom. The van der Waals surface area contributed by atoms with Gasteiger partial charge in [0.15, 0.2) is 0 Å². The van der Waals surface area contributed by atoms with Gasteiger partial charge in [-0.2, -0.15) is 0 Å². The molecule has 1 heterocycles. The number of carbonyl (C=O) groups excluding carboxylic acids is 1. The zero-order valence-electron chi connectivity index (χ0n) is 11.3. The van der Waals surface area contributed by atoms with E-state index in [0.29, 0.717) is 6.42 Å². The van der Waals surface area contributed by atoms with Gasteiger partial charge in [-0.1, -0.05) is 30.3 Å². The maximum absolute atomic E-state index is 12.4. The standard InChI is InChI=1S/C15H22N2O/c1-15(2)12-16-9-6-10-17(15)14(18)11-13-7-4-3-5-8-13/h3-5,7-8,16H,6,9-12H2,1-2H3. The highest BCUT2D eigenvalue weighted by Gasteiger charge is 2.31. The summed E-state index contributed by atoms with van der Waals surface area (Å²) in [4.78, 5) is 14.5. The summed E-state index contributed by atoms with van der Waals surface area (Å²) in [5, 5.41) is 3.39. The van der Waals surface area contributed by atoms with Crippen molar-refractivity contribution in [1.82, 2.24) is 10.2 Å². The van der Waals surface area contributed by atoms with Crippen molar-refractivity contribution in [2.45, 2.75) is 32.2 Å². The molecule has 0 atom stereocenters. The average molecular weight is 246 g/mol. The molecular weight excluding hydrogens is 224 g/mol. The quantitative estimate of drug-likeness (QED) is 0.863. The lowest BCUT2D eigenvalue weighted by molar-refractivity contribution is -0.135. The Morgan fingerprint density at radius 1 is 1.33 bits per heavy atom. The molecule has 3 heteroatoms. The summed E-state index contributed by atoms with van der Waals surface area (Å²) >= 11 is 0. The van der Waals surface area contributed by atoms with Crippen molar-refractivity contribution in [2.24, 2.45) is 0 Å². The van der Waals surface area contributed by atoms with Gasteiger partial charge in [-0.15, -0.1) is 0 Å². The third-order valence-corrected chi connectivity index (χ3v) is 3.52. The molecule has 0 radical (unpaired) electrons. The van der Waals surface area contributed by atoms with Crippen LogP contribution in [0.4, 0.5) is 0 Å². The molecule has 1 N–H and O–H groups in total. The molecule has 1 fully saturated rings. The van der Waals surface area contributed by atoms with Crippen LogP contribution in [0.5, 0.6) is 0 Å². The normalized spacial score (nSPS) is 19.3. The minimum absolute atomic E-state index is 0.0949. The molecule has 0 aromatic heterocycles. The highest BCUT2D eigenvalue weighted by Crippen LogP contribution is 2.18. The van der Waals surface area contributed by atoms with E-state index >= 15 is 0 Å². The summed E-state index contributed by atoms with van der Waals surface area (Å²) < 4.78 is 0. The number of nitrogens with one attached hydrogen (secondary N) is 1. The van der Waals surface area contributed by atoms with Crippen LogP contribution in [0.2, 0.25) is 0 Å². The number of nitrogens with zero attached hydrogens (tertiary/aromatic N) is 1. The van der Waals surface area contributed by atoms with Crippen LogP contribution in [-0.4, -0.2) is 36.0 Å². The minimum atomic E-state index is -0.0949. The molecule has 0 saturated carbocycles. The summed E-state index contributed by atoms with van der Waals surface area (Å²) in [6.07, 6.45) is 1.54. The van der Waals surface area contributed by atoms with Gasteiger partial charge in [0.2, 0.25) is 5.91 Å². The Morgan fingerprint density at radius 2 is 2.06 bits per heavy atom. The molecule has 0 spiro atoms. The number of rotatable bonds is 2. The van der Waals surface area contributed by atoms with Gasteiger partial charge in [-0.3, -0.25) is 4.79 Å². The molecule has 1 amide bonds. The fraction of sp³-hybridized carbons (Fsp3) is 0.533. The second-order valence-electron chi connectivity index (χ2n) is 5.55. The Labute approximate surface area is 109 Å². The fourth-order valence-corrected chi connectivity index (χ4v) is 2.48. The van der Waals surface area contributed by atoms with Crippen molar-refractivity contribution in [2.75, 3.05) is 19.6 Å². The summed E-state index contributed by atoms with van der Waals surface area (Å²) in [5.41, 5.74) is 0.998. The first-order valence-corrected chi connectivity index (χ1v) is 6.65. The number of amides is 1. The lowest BCUT2D eigenvalue weighted by Crippen LogP contribution is -2.51. The first-order valence-electron chi connectivity index (χ1n) is 6.65. The van der Waals surface area contributed by atoms with Gasteiger partial charge >= 0.3 is 0 Å². The molecule has 1 saturated heterocycles. The number of benzene rings is 1. The van der Waals surface area contributed by atoms with Crippen molar-refractivity contribution in [3.05, 3.63) is 35.9 Å². The summed E-state index contributed by atoms with van der Waals surface area (Å²) in [6.45, 7) is 6.99. The molecule has 1 aromatic carbocycles. The van der Waals surface area contributed by atoms with Crippen LogP contribution in [0.15, 0.2) is 30.3 Å². The van der Waals surface area contributed by atoms with E-state index in [1.54, 1.807) is 0 Å². The van der Waals surface area contributed by atoms with Crippen LogP contribution in [0, 0.1) is 0 Å². The second kappa shape index (κ2) is 5.53. The van der Waals surface area contributed by atoms with Gasteiger partial charge in [-0.25, -0.2) is 0 Å². The monoisotopic (exact) mass is 246 g/mol. The predicted molar refractivity (Wildman–Crippen MR) is 73.4 cm³/mol. The molecule has 0 bridgehead atoms. The molecule has 1 aliphatic rings. The van der Waals surface area contributed by atoms with Crippen LogP contribution < -0.4 is 5.32 Å². The predicted octanol–water partition coefficient (Wildman–Crippen LogP) is 1.83. The first kappa shape index (κ1) is 13.1. The third-order valence-electron chi connectivity index (χ3n) is 3.52. The van der Waals surface area contributed by atoms with Gasteiger partial charge in [0.05, 0.1) is 6.42 Å². The fourth-order valence-electron chi connectivity index (χ4n) is 2.48. The SMILES string of the molecule is CC1(C)CNCCCN1C(=O)Cc1ccccc1. The van der Waals surface area contributed by atoms with Gasteiger partial charge in [-0.05, 0) is 32.4 Å². The maximum atomic E-state index is 12.4. The van der Waals surface area contributed by atoms with Gasteiger partial charge in [0.25, 0.3) is 0 Å². The Bertz CT molecular complexity index is 400. The first-order chi connectivity index (χ1) is 8.59. The van der Waals surface area contributed by atoms with E-state index in [0.717, 1.165) is 31.6 Å². The van der Waals surface area contributed by atoms with E-state index in [-0.39, 0.29) is 11.4 Å². The minimum Gasteiger partial charge on any atom is -0.336 e. The zero-order chi connectivity index (χ0) is 13.0. The molecule has 2 rings (SSSR count). The van der Waals surface area contributed by atoms with Crippen molar-refractivity contribution in [1.29, 1.82) is 0 Å². The van der Waals surface area contributed by atoms with Crippen molar-refractivity contribution in [3.63, 3.8) is 0 Å². The van der Waals surface area contributed by atoms with Gasteiger partial charge in [0, 0.05) is 18.6 Å². The molecule has 1 aliphatic heterocycles.